The Balaban J connectivity index is 2.24. The van der Waals surface area contributed by atoms with Crippen molar-refractivity contribution in [1.29, 1.82) is 0 Å². The van der Waals surface area contributed by atoms with Gasteiger partial charge in [0.2, 0.25) is 0 Å². The number of carbonyl (C=O) groups is 1. The topological polar surface area (TPSA) is 78.8 Å². The number of phenolic OH excluding ortho intramolecular Hbond substituents is 1. The molecule has 0 aliphatic rings. The van der Waals surface area contributed by atoms with Crippen LogP contribution in [0.3, 0.4) is 0 Å². The number of amides is 1. The summed E-state index contributed by atoms with van der Waals surface area (Å²) in [4.78, 5) is 12.1. The van der Waals surface area contributed by atoms with E-state index in [1.807, 2.05) is 0 Å². The van der Waals surface area contributed by atoms with Crippen molar-refractivity contribution in [3.8, 4) is 11.5 Å². The third-order valence-corrected chi connectivity index (χ3v) is 2.83. The highest BCUT2D eigenvalue weighted by atomic mass is 16.5. The highest BCUT2D eigenvalue weighted by molar-refractivity contribution is 6.06. The fourth-order valence-corrected chi connectivity index (χ4v) is 1.82. The fraction of sp³-hybridized carbons (Fsp3) is 0.133. The predicted molar refractivity (Wildman–Crippen MR) is 75.0 cm³/mol. The number of benzene rings is 2. The van der Waals surface area contributed by atoms with Gasteiger partial charge in [0.25, 0.3) is 5.91 Å². The molecule has 0 atom stereocenters. The zero-order valence-corrected chi connectivity index (χ0v) is 11.0. The molecule has 2 aromatic carbocycles. The van der Waals surface area contributed by atoms with Gasteiger partial charge in [0.1, 0.15) is 0 Å². The number of carbonyl (C=O) groups excluding carboxylic acids is 1. The molecule has 0 fully saturated rings. The van der Waals surface area contributed by atoms with E-state index in [-0.39, 0.29) is 23.7 Å². The third kappa shape index (κ3) is 2.89. The van der Waals surface area contributed by atoms with Crippen molar-refractivity contribution in [3.63, 3.8) is 0 Å². The molecule has 0 aromatic heterocycles. The van der Waals surface area contributed by atoms with Crippen LogP contribution in [-0.2, 0) is 6.61 Å². The van der Waals surface area contributed by atoms with Crippen LogP contribution < -0.4 is 10.1 Å². The Kier molecular flexibility index (Phi) is 4.22. The summed E-state index contributed by atoms with van der Waals surface area (Å²) in [6.07, 6.45) is 0. The minimum absolute atomic E-state index is 0.103. The number of aromatic hydroxyl groups is 1. The number of anilines is 1. The molecule has 2 rings (SSSR count). The van der Waals surface area contributed by atoms with Gasteiger partial charge in [-0.15, -0.1) is 0 Å². The lowest BCUT2D eigenvalue weighted by Gasteiger charge is -2.10. The summed E-state index contributed by atoms with van der Waals surface area (Å²) in [5, 5.41) is 21.6. The first-order valence-corrected chi connectivity index (χ1v) is 6.03. The molecular formula is C15H15NO4. The molecule has 5 nitrogen and oxygen atoms in total. The first kappa shape index (κ1) is 13.9. The number of ether oxygens (including phenoxy) is 1. The number of hydrogen-bond acceptors (Lipinski definition) is 4. The second-order valence-corrected chi connectivity index (χ2v) is 4.17. The lowest BCUT2D eigenvalue weighted by molar-refractivity contribution is 0.102. The Hall–Kier alpha value is -2.53. The lowest BCUT2D eigenvalue weighted by atomic mass is 10.1. The van der Waals surface area contributed by atoms with E-state index in [1.54, 1.807) is 36.4 Å². The highest BCUT2D eigenvalue weighted by Crippen LogP contribution is 2.29. The number of aliphatic hydroxyl groups excluding tert-OH is 1. The predicted octanol–water partition coefficient (Wildman–Crippen LogP) is 2.15. The van der Waals surface area contributed by atoms with Crippen molar-refractivity contribution >= 4 is 11.6 Å². The Morgan fingerprint density at radius 3 is 2.70 bits per heavy atom. The average molecular weight is 273 g/mol. The molecule has 0 radical (unpaired) electrons. The molecule has 2 aromatic rings. The van der Waals surface area contributed by atoms with Gasteiger partial charge in [-0.25, -0.2) is 0 Å². The SMILES string of the molecule is COc1cccc(C(=O)Nc2cccc(CO)c2)c1O. The molecular weight excluding hydrogens is 258 g/mol. The normalized spacial score (nSPS) is 10.1. The van der Waals surface area contributed by atoms with Gasteiger partial charge >= 0.3 is 0 Å². The van der Waals surface area contributed by atoms with Crippen molar-refractivity contribution in [2.75, 3.05) is 12.4 Å². The molecule has 0 spiro atoms. The Bertz CT molecular complexity index is 625. The van der Waals surface area contributed by atoms with Crippen LogP contribution in [0.5, 0.6) is 11.5 Å². The minimum atomic E-state index is -0.448. The van der Waals surface area contributed by atoms with E-state index < -0.39 is 5.91 Å². The minimum Gasteiger partial charge on any atom is -0.504 e. The van der Waals surface area contributed by atoms with Crippen molar-refractivity contribution < 1.29 is 19.7 Å². The van der Waals surface area contributed by atoms with Crippen molar-refractivity contribution in [1.82, 2.24) is 0 Å². The van der Waals surface area contributed by atoms with E-state index >= 15 is 0 Å². The standard InChI is InChI=1S/C15H15NO4/c1-20-13-7-3-6-12(14(13)18)15(19)16-11-5-2-4-10(8-11)9-17/h2-8,17-18H,9H2,1H3,(H,16,19). The van der Waals surface area contributed by atoms with E-state index in [0.29, 0.717) is 11.3 Å². The van der Waals surface area contributed by atoms with Gasteiger partial charge in [-0.3, -0.25) is 4.79 Å². The Morgan fingerprint density at radius 1 is 1.25 bits per heavy atom. The molecule has 104 valence electrons. The molecule has 0 saturated carbocycles. The van der Waals surface area contributed by atoms with Crippen LogP contribution >= 0.6 is 0 Å². The van der Waals surface area contributed by atoms with Gasteiger partial charge in [0.05, 0.1) is 19.3 Å². The zero-order valence-electron chi connectivity index (χ0n) is 11.0. The Labute approximate surface area is 116 Å². The molecule has 0 saturated heterocycles. The van der Waals surface area contributed by atoms with Crippen LogP contribution in [0.1, 0.15) is 15.9 Å². The number of methoxy groups -OCH3 is 1. The van der Waals surface area contributed by atoms with E-state index in [0.717, 1.165) is 0 Å². The van der Waals surface area contributed by atoms with E-state index in [9.17, 15) is 9.90 Å². The summed E-state index contributed by atoms with van der Waals surface area (Å²) in [7, 11) is 1.42. The lowest BCUT2D eigenvalue weighted by Crippen LogP contribution is -2.12. The second kappa shape index (κ2) is 6.08. The van der Waals surface area contributed by atoms with Crippen molar-refractivity contribution in [2.24, 2.45) is 0 Å². The Morgan fingerprint density at radius 2 is 2.00 bits per heavy atom. The molecule has 0 aliphatic heterocycles. The maximum Gasteiger partial charge on any atom is 0.259 e. The van der Waals surface area contributed by atoms with Crippen LogP contribution in [0.25, 0.3) is 0 Å². The van der Waals surface area contributed by atoms with E-state index in [4.69, 9.17) is 9.84 Å². The average Bonchev–Trinajstić information content (AvgIpc) is 2.47. The summed E-state index contributed by atoms with van der Waals surface area (Å²) in [5.74, 6) is -0.413. The third-order valence-electron chi connectivity index (χ3n) is 2.83. The largest absolute Gasteiger partial charge is 0.504 e. The van der Waals surface area contributed by atoms with E-state index in [2.05, 4.69) is 5.32 Å². The molecule has 20 heavy (non-hydrogen) atoms. The first-order valence-electron chi connectivity index (χ1n) is 6.03. The monoisotopic (exact) mass is 273 g/mol. The molecule has 0 aliphatic carbocycles. The molecule has 1 amide bonds. The highest BCUT2D eigenvalue weighted by Gasteiger charge is 2.14. The van der Waals surface area contributed by atoms with Gasteiger partial charge in [-0.2, -0.15) is 0 Å². The number of aliphatic hydroxyl groups is 1. The summed E-state index contributed by atoms with van der Waals surface area (Å²) >= 11 is 0. The van der Waals surface area contributed by atoms with E-state index in [1.165, 1.54) is 13.2 Å². The van der Waals surface area contributed by atoms with Crippen LogP contribution in [0.4, 0.5) is 5.69 Å². The van der Waals surface area contributed by atoms with Gasteiger partial charge < -0.3 is 20.3 Å². The van der Waals surface area contributed by atoms with Gasteiger partial charge in [-0.05, 0) is 29.8 Å². The zero-order chi connectivity index (χ0) is 14.5. The first-order chi connectivity index (χ1) is 9.65. The molecule has 0 heterocycles. The number of nitrogens with one attached hydrogen (secondary N) is 1. The van der Waals surface area contributed by atoms with Crippen LogP contribution in [-0.4, -0.2) is 23.2 Å². The molecule has 5 heteroatoms. The van der Waals surface area contributed by atoms with Crippen LogP contribution in [0.2, 0.25) is 0 Å². The van der Waals surface area contributed by atoms with Crippen LogP contribution in [0.15, 0.2) is 42.5 Å². The summed E-state index contributed by atoms with van der Waals surface area (Å²) in [6.45, 7) is -0.103. The number of para-hydroxylation sites is 1. The molecule has 3 N–H and O–H groups in total. The fourth-order valence-electron chi connectivity index (χ4n) is 1.82. The second-order valence-electron chi connectivity index (χ2n) is 4.17. The summed E-state index contributed by atoms with van der Waals surface area (Å²) < 4.78 is 4.96. The van der Waals surface area contributed by atoms with Gasteiger partial charge in [-0.1, -0.05) is 18.2 Å². The number of hydrogen-bond donors (Lipinski definition) is 3. The molecule has 0 unspecified atom stereocenters. The van der Waals surface area contributed by atoms with Crippen LogP contribution in [0, 0.1) is 0 Å². The van der Waals surface area contributed by atoms with Crippen molar-refractivity contribution in [3.05, 3.63) is 53.6 Å². The molecule has 0 bridgehead atoms. The van der Waals surface area contributed by atoms with Crippen molar-refractivity contribution in [2.45, 2.75) is 6.61 Å². The quantitative estimate of drug-likeness (QED) is 0.797. The maximum atomic E-state index is 12.1. The summed E-state index contributed by atoms with van der Waals surface area (Å²) in [6, 6.07) is 11.5. The summed E-state index contributed by atoms with van der Waals surface area (Å²) in [5.41, 5.74) is 1.36. The maximum absolute atomic E-state index is 12.1. The van der Waals surface area contributed by atoms with Gasteiger partial charge in [0.15, 0.2) is 11.5 Å². The van der Waals surface area contributed by atoms with Gasteiger partial charge in [0, 0.05) is 5.69 Å². The smallest absolute Gasteiger partial charge is 0.259 e. The number of phenols is 1. The number of rotatable bonds is 4.